The van der Waals surface area contributed by atoms with Crippen LogP contribution < -0.4 is 0 Å². The maximum Gasteiger partial charge on any atom is 0.160 e. The van der Waals surface area contributed by atoms with Crippen LogP contribution in [-0.2, 0) is 11.3 Å². The van der Waals surface area contributed by atoms with Gasteiger partial charge in [0, 0.05) is 30.1 Å². The summed E-state index contributed by atoms with van der Waals surface area (Å²) in [6.45, 7) is 9.43. The summed E-state index contributed by atoms with van der Waals surface area (Å²) < 4.78 is 8.05. The Morgan fingerprint density at radius 2 is 2.08 bits per heavy atom. The van der Waals surface area contributed by atoms with Crippen LogP contribution in [0, 0.1) is 20.8 Å². The van der Waals surface area contributed by atoms with Crippen LogP contribution in [0.25, 0.3) is 11.4 Å². The van der Waals surface area contributed by atoms with Crippen LogP contribution in [0.4, 0.5) is 0 Å². The van der Waals surface area contributed by atoms with E-state index >= 15 is 0 Å². The first-order chi connectivity index (χ1) is 11.5. The number of ketones is 1. The highest BCUT2D eigenvalue weighted by atomic mass is 16.5. The van der Waals surface area contributed by atoms with Gasteiger partial charge in [0.1, 0.15) is 5.82 Å². The average Bonchev–Trinajstić information content (AvgIpc) is 2.95. The fourth-order valence-electron chi connectivity index (χ4n) is 3.93. The second-order valence-electron chi connectivity index (χ2n) is 6.83. The van der Waals surface area contributed by atoms with Crippen molar-refractivity contribution in [2.75, 3.05) is 6.61 Å². The van der Waals surface area contributed by atoms with E-state index in [2.05, 4.69) is 22.5 Å². The Morgan fingerprint density at radius 3 is 2.75 bits per heavy atom. The number of nitrogens with zero attached hydrogens (tertiary/aromatic N) is 2. The fourth-order valence-corrected chi connectivity index (χ4v) is 3.93. The van der Waals surface area contributed by atoms with E-state index in [0.717, 1.165) is 59.6 Å². The van der Waals surface area contributed by atoms with E-state index in [1.54, 1.807) is 6.92 Å². The molecule has 0 amide bonds. The minimum absolute atomic E-state index is 0.111. The molecule has 0 N–H and O–H groups in total. The van der Waals surface area contributed by atoms with Crippen LogP contribution in [0.3, 0.4) is 0 Å². The van der Waals surface area contributed by atoms with Gasteiger partial charge in [0.2, 0.25) is 0 Å². The Hall–Kier alpha value is -1.94. The number of hydrogen-bond acceptors (Lipinski definition) is 3. The summed E-state index contributed by atoms with van der Waals surface area (Å²) in [5, 5.41) is 0. The van der Waals surface area contributed by atoms with E-state index in [1.165, 1.54) is 6.42 Å². The lowest BCUT2D eigenvalue weighted by atomic mass is 9.91. The van der Waals surface area contributed by atoms with Crippen LogP contribution in [0.5, 0.6) is 0 Å². The normalized spacial score (nSPS) is 17.9. The van der Waals surface area contributed by atoms with Crippen molar-refractivity contribution in [2.45, 2.75) is 59.6 Å². The van der Waals surface area contributed by atoms with Crippen LogP contribution in [0.1, 0.15) is 53.2 Å². The Balaban J connectivity index is 2.02. The smallest absolute Gasteiger partial charge is 0.160 e. The lowest BCUT2D eigenvalue weighted by molar-refractivity contribution is 0.00624. The lowest BCUT2D eigenvalue weighted by Crippen LogP contribution is -2.24. The number of benzene rings is 1. The van der Waals surface area contributed by atoms with Gasteiger partial charge in [-0.1, -0.05) is 6.07 Å². The van der Waals surface area contributed by atoms with Crippen molar-refractivity contribution in [2.24, 2.45) is 0 Å². The average molecular weight is 326 g/mol. The third-order valence-electron chi connectivity index (χ3n) is 4.94. The van der Waals surface area contributed by atoms with Gasteiger partial charge in [-0.2, -0.15) is 0 Å². The standard InChI is InChI=1S/C20H26N2O2/c1-13-11-14(2)19(15(3)18(13)16(4)23)20-21-8-9-22(20)12-17-7-5-6-10-24-17/h8-9,11,17H,5-7,10,12H2,1-4H3. The summed E-state index contributed by atoms with van der Waals surface area (Å²) in [5.74, 6) is 1.04. The molecule has 0 saturated carbocycles. The van der Waals surface area contributed by atoms with Crippen LogP contribution >= 0.6 is 0 Å². The van der Waals surface area contributed by atoms with Crippen molar-refractivity contribution in [1.82, 2.24) is 9.55 Å². The Kier molecular flexibility index (Phi) is 4.86. The number of aryl methyl sites for hydroxylation is 2. The first-order valence-corrected chi connectivity index (χ1v) is 8.74. The minimum atomic E-state index is 0.111. The summed E-state index contributed by atoms with van der Waals surface area (Å²) in [7, 11) is 0. The number of carbonyl (C=O) groups is 1. The highest BCUT2D eigenvalue weighted by Gasteiger charge is 2.21. The molecule has 1 aliphatic heterocycles. The van der Waals surface area contributed by atoms with E-state index in [0.29, 0.717) is 0 Å². The highest BCUT2D eigenvalue weighted by molar-refractivity contribution is 5.99. The second kappa shape index (κ2) is 6.89. The molecule has 3 rings (SSSR count). The number of aromatic nitrogens is 2. The first-order valence-electron chi connectivity index (χ1n) is 8.74. The first kappa shape index (κ1) is 16.9. The molecule has 2 heterocycles. The third-order valence-corrected chi connectivity index (χ3v) is 4.94. The molecule has 4 nitrogen and oxygen atoms in total. The van der Waals surface area contributed by atoms with Gasteiger partial charge in [-0.3, -0.25) is 4.79 Å². The summed E-state index contributed by atoms with van der Waals surface area (Å²) in [5.41, 5.74) is 5.12. The van der Waals surface area contributed by atoms with E-state index in [4.69, 9.17) is 4.74 Å². The minimum Gasteiger partial charge on any atom is -0.376 e. The summed E-state index contributed by atoms with van der Waals surface area (Å²) in [6.07, 6.45) is 7.59. The third kappa shape index (κ3) is 3.16. The molecule has 0 radical (unpaired) electrons. The maximum absolute atomic E-state index is 12.1. The number of rotatable bonds is 4. The zero-order valence-corrected chi connectivity index (χ0v) is 15.1. The topological polar surface area (TPSA) is 44.1 Å². The molecule has 128 valence electrons. The monoisotopic (exact) mass is 326 g/mol. The number of imidazole rings is 1. The van der Waals surface area contributed by atoms with Gasteiger partial charge in [-0.15, -0.1) is 0 Å². The van der Waals surface area contributed by atoms with Crippen LogP contribution in [0.2, 0.25) is 0 Å². The Morgan fingerprint density at radius 1 is 1.29 bits per heavy atom. The van der Waals surface area contributed by atoms with Gasteiger partial charge in [0.25, 0.3) is 0 Å². The molecule has 1 fully saturated rings. The SMILES string of the molecule is CC(=O)c1c(C)cc(C)c(-c2nccn2CC2CCCCO2)c1C. The molecule has 0 aliphatic carbocycles. The molecule has 2 aromatic rings. The van der Waals surface area contributed by atoms with E-state index < -0.39 is 0 Å². The predicted molar refractivity (Wildman–Crippen MR) is 95.5 cm³/mol. The molecule has 0 bridgehead atoms. The predicted octanol–water partition coefficient (Wildman–Crippen LogP) is 4.25. The number of carbonyl (C=O) groups excluding carboxylic acids is 1. The van der Waals surface area contributed by atoms with Gasteiger partial charge in [-0.25, -0.2) is 4.98 Å². The van der Waals surface area contributed by atoms with Crippen molar-refractivity contribution < 1.29 is 9.53 Å². The molecular formula is C20H26N2O2. The molecule has 1 saturated heterocycles. The summed E-state index contributed by atoms with van der Waals surface area (Å²) >= 11 is 0. The van der Waals surface area contributed by atoms with Gasteiger partial charge in [0.15, 0.2) is 5.78 Å². The van der Waals surface area contributed by atoms with Gasteiger partial charge >= 0.3 is 0 Å². The van der Waals surface area contributed by atoms with Crippen LogP contribution in [0.15, 0.2) is 18.5 Å². The highest BCUT2D eigenvalue weighted by Crippen LogP contribution is 2.31. The van der Waals surface area contributed by atoms with E-state index in [1.807, 2.05) is 26.2 Å². The molecule has 1 atom stereocenters. The molecule has 1 unspecified atom stereocenters. The Bertz CT molecular complexity index is 755. The largest absolute Gasteiger partial charge is 0.376 e. The van der Waals surface area contributed by atoms with E-state index in [-0.39, 0.29) is 11.9 Å². The van der Waals surface area contributed by atoms with Crippen molar-refractivity contribution in [3.8, 4) is 11.4 Å². The van der Waals surface area contributed by atoms with Crippen molar-refractivity contribution in [1.29, 1.82) is 0 Å². The Labute approximate surface area is 143 Å². The maximum atomic E-state index is 12.1. The fraction of sp³-hybridized carbons (Fsp3) is 0.500. The summed E-state index contributed by atoms with van der Waals surface area (Å²) in [4.78, 5) is 16.7. The van der Waals surface area contributed by atoms with Crippen molar-refractivity contribution in [3.63, 3.8) is 0 Å². The van der Waals surface area contributed by atoms with Gasteiger partial charge in [-0.05, 0) is 63.6 Å². The number of Topliss-reactive ketones (excluding diaryl/α,β-unsaturated/α-hetero) is 1. The number of ether oxygens (including phenoxy) is 1. The molecule has 24 heavy (non-hydrogen) atoms. The lowest BCUT2D eigenvalue weighted by Gasteiger charge is -2.24. The molecule has 4 heteroatoms. The molecular weight excluding hydrogens is 300 g/mol. The van der Waals surface area contributed by atoms with Crippen molar-refractivity contribution in [3.05, 3.63) is 40.7 Å². The zero-order valence-electron chi connectivity index (χ0n) is 15.1. The second-order valence-corrected chi connectivity index (χ2v) is 6.83. The zero-order chi connectivity index (χ0) is 17.3. The number of hydrogen-bond donors (Lipinski definition) is 0. The molecule has 1 aromatic carbocycles. The molecule has 1 aromatic heterocycles. The van der Waals surface area contributed by atoms with Crippen LogP contribution in [-0.4, -0.2) is 28.0 Å². The molecule has 0 spiro atoms. The van der Waals surface area contributed by atoms with E-state index in [9.17, 15) is 4.79 Å². The van der Waals surface area contributed by atoms with Crippen molar-refractivity contribution >= 4 is 5.78 Å². The quantitative estimate of drug-likeness (QED) is 0.789. The van der Waals surface area contributed by atoms with Gasteiger partial charge in [0.05, 0.1) is 12.6 Å². The van der Waals surface area contributed by atoms with Gasteiger partial charge < -0.3 is 9.30 Å². The summed E-state index contributed by atoms with van der Waals surface area (Å²) in [6, 6.07) is 2.09. The molecule has 1 aliphatic rings.